The predicted octanol–water partition coefficient (Wildman–Crippen LogP) is 0.731. The van der Waals surface area contributed by atoms with E-state index in [-0.39, 0.29) is 11.3 Å². The van der Waals surface area contributed by atoms with Gasteiger partial charge in [0, 0.05) is 7.05 Å². The molecule has 0 heterocycles. The van der Waals surface area contributed by atoms with Crippen molar-refractivity contribution in [3.63, 3.8) is 0 Å². The highest BCUT2D eigenvalue weighted by Crippen LogP contribution is 2.30. The third kappa shape index (κ3) is 3.71. The van der Waals surface area contributed by atoms with E-state index in [0.29, 0.717) is 12.0 Å². The van der Waals surface area contributed by atoms with Gasteiger partial charge in [-0.2, -0.15) is 0 Å². The van der Waals surface area contributed by atoms with E-state index in [9.17, 15) is 14.4 Å². The number of ether oxygens (including phenoxy) is 2. The Morgan fingerprint density at radius 1 is 1.35 bits per heavy atom. The fourth-order valence-electron chi connectivity index (χ4n) is 1.42. The molecule has 0 fully saturated rings. The molecule has 0 saturated heterocycles. The summed E-state index contributed by atoms with van der Waals surface area (Å²) in [4.78, 5) is 33.7. The van der Waals surface area contributed by atoms with E-state index in [0.717, 1.165) is 0 Å². The number of para-hydroxylation sites is 1. The number of imide groups is 1. The summed E-state index contributed by atoms with van der Waals surface area (Å²) in [5.41, 5.74) is 0.254. The molecule has 7 heteroatoms. The maximum Gasteiger partial charge on any atom is 0.321 e. The molecule has 0 spiro atoms. The van der Waals surface area contributed by atoms with E-state index in [2.05, 4.69) is 10.6 Å². The number of amides is 3. The zero-order chi connectivity index (χ0) is 15.1. The number of benzene rings is 1. The monoisotopic (exact) mass is 280 g/mol. The summed E-state index contributed by atoms with van der Waals surface area (Å²) >= 11 is 0. The average molecular weight is 280 g/mol. The number of carbonyl (C=O) groups excluding carboxylic acids is 3. The second kappa shape index (κ2) is 7.13. The molecule has 0 aromatic heterocycles. The minimum atomic E-state index is -0.970. The van der Waals surface area contributed by atoms with Crippen molar-refractivity contribution in [2.75, 3.05) is 14.2 Å². The van der Waals surface area contributed by atoms with Gasteiger partial charge in [-0.25, -0.2) is 4.79 Å². The van der Waals surface area contributed by atoms with Gasteiger partial charge >= 0.3 is 6.03 Å². The first-order chi connectivity index (χ1) is 9.53. The summed E-state index contributed by atoms with van der Waals surface area (Å²) in [6, 6.07) is 4.13. The number of methoxy groups -OCH3 is 1. The van der Waals surface area contributed by atoms with Crippen molar-refractivity contribution in [3.8, 4) is 11.5 Å². The number of nitrogens with one attached hydrogen (secondary N) is 2. The van der Waals surface area contributed by atoms with Gasteiger partial charge in [0.2, 0.25) is 0 Å². The molecule has 1 unspecified atom stereocenters. The lowest BCUT2D eigenvalue weighted by Gasteiger charge is -2.17. The van der Waals surface area contributed by atoms with Gasteiger partial charge in [0.25, 0.3) is 5.91 Å². The van der Waals surface area contributed by atoms with Crippen LogP contribution >= 0.6 is 0 Å². The van der Waals surface area contributed by atoms with Gasteiger partial charge in [-0.05, 0) is 19.1 Å². The summed E-state index contributed by atoms with van der Waals surface area (Å²) in [7, 11) is 2.81. The lowest BCUT2D eigenvalue weighted by atomic mass is 10.2. The topological polar surface area (TPSA) is 93.7 Å². The second-order valence-electron chi connectivity index (χ2n) is 3.82. The summed E-state index contributed by atoms with van der Waals surface area (Å²) in [6.45, 7) is 1.46. The first kappa shape index (κ1) is 15.5. The Labute approximate surface area is 116 Å². The van der Waals surface area contributed by atoms with E-state index in [1.54, 1.807) is 12.1 Å². The molecule has 1 rings (SSSR count). The molecular weight excluding hydrogens is 264 g/mol. The smallest absolute Gasteiger partial charge is 0.321 e. The quantitative estimate of drug-likeness (QED) is 0.775. The molecule has 0 radical (unpaired) electrons. The lowest BCUT2D eigenvalue weighted by Crippen LogP contribution is -2.44. The Hall–Kier alpha value is -2.57. The number of hydrogen-bond acceptors (Lipinski definition) is 5. The van der Waals surface area contributed by atoms with Crippen LogP contribution in [0, 0.1) is 0 Å². The SMILES string of the molecule is CNC(=O)NC(=O)C(C)Oc1c(C=O)cccc1OC. The van der Waals surface area contributed by atoms with Gasteiger partial charge < -0.3 is 14.8 Å². The van der Waals surface area contributed by atoms with Crippen molar-refractivity contribution in [2.24, 2.45) is 0 Å². The highest BCUT2D eigenvalue weighted by atomic mass is 16.5. The number of aldehydes is 1. The molecule has 20 heavy (non-hydrogen) atoms. The highest BCUT2D eigenvalue weighted by Gasteiger charge is 2.20. The standard InChI is InChI=1S/C13H16N2O5/c1-8(12(17)15-13(18)14-2)20-11-9(7-16)5-4-6-10(11)19-3/h4-8H,1-3H3,(H2,14,15,17,18). The van der Waals surface area contributed by atoms with Crippen molar-refractivity contribution >= 4 is 18.2 Å². The zero-order valence-electron chi connectivity index (χ0n) is 11.4. The molecular formula is C13H16N2O5. The third-order valence-corrected chi connectivity index (χ3v) is 2.48. The van der Waals surface area contributed by atoms with E-state index >= 15 is 0 Å². The summed E-state index contributed by atoms with van der Waals surface area (Å²) in [6.07, 6.45) is -0.372. The van der Waals surface area contributed by atoms with Gasteiger partial charge in [0.15, 0.2) is 23.9 Å². The Morgan fingerprint density at radius 3 is 2.60 bits per heavy atom. The van der Waals surface area contributed by atoms with Crippen LogP contribution in [0.5, 0.6) is 11.5 Å². The molecule has 2 N–H and O–H groups in total. The summed E-state index contributed by atoms with van der Waals surface area (Å²) < 4.78 is 10.5. The summed E-state index contributed by atoms with van der Waals surface area (Å²) in [5.74, 6) is -0.147. The van der Waals surface area contributed by atoms with Gasteiger partial charge in [0.1, 0.15) is 0 Å². The van der Waals surface area contributed by atoms with Crippen molar-refractivity contribution in [1.82, 2.24) is 10.6 Å². The first-order valence-electron chi connectivity index (χ1n) is 5.84. The second-order valence-corrected chi connectivity index (χ2v) is 3.82. The molecule has 1 atom stereocenters. The molecule has 0 bridgehead atoms. The number of rotatable bonds is 5. The number of hydrogen-bond donors (Lipinski definition) is 2. The van der Waals surface area contributed by atoms with Crippen LogP contribution in [0.15, 0.2) is 18.2 Å². The zero-order valence-corrected chi connectivity index (χ0v) is 11.4. The van der Waals surface area contributed by atoms with Crippen LogP contribution in [0.4, 0.5) is 4.79 Å². The van der Waals surface area contributed by atoms with E-state index in [1.165, 1.54) is 27.1 Å². The highest BCUT2D eigenvalue weighted by molar-refractivity contribution is 5.96. The van der Waals surface area contributed by atoms with E-state index < -0.39 is 18.0 Å². The minimum absolute atomic E-state index is 0.157. The molecule has 1 aromatic carbocycles. The molecule has 3 amide bonds. The van der Waals surface area contributed by atoms with Crippen molar-refractivity contribution < 1.29 is 23.9 Å². The van der Waals surface area contributed by atoms with Crippen LogP contribution in [-0.2, 0) is 4.79 Å². The molecule has 108 valence electrons. The largest absolute Gasteiger partial charge is 0.493 e. The third-order valence-electron chi connectivity index (χ3n) is 2.48. The van der Waals surface area contributed by atoms with Crippen LogP contribution < -0.4 is 20.1 Å². The fraction of sp³-hybridized carbons (Fsp3) is 0.308. The Bertz CT molecular complexity index is 515. The van der Waals surface area contributed by atoms with Crippen molar-refractivity contribution in [2.45, 2.75) is 13.0 Å². The fourth-order valence-corrected chi connectivity index (χ4v) is 1.42. The van der Waals surface area contributed by atoms with Gasteiger partial charge in [-0.1, -0.05) is 6.07 Å². The van der Waals surface area contributed by atoms with Gasteiger partial charge in [-0.3, -0.25) is 14.9 Å². The summed E-state index contributed by atoms with van der Waals surface area (Å²) in [5, 5.41) is 4.33. The molecule has 0 aliphatic heterocycles. The molecule has 0 saturated carbocycles. The molecule has 0 aliphatic carbocycles. The van der Waals surface area contributed by atoms with Crippen molar-refractivity contribution in [1.29, 1.82) is 0 Å². The van der Waals surface area contributed by atoms with Crippen LogP contribution in [0.3, 0.4) is 0 Å². The average Bonchev–Trinajstić information content (AvgIpc) is 2.46. The molecule has 7 nitrogen and oxygen atoms in total. The van der Waals surface area contributed by atoms with Crippen LogP contribution in [0.25, 0.3) is 0 Å². The van der Waals surface area contributed by atoms with Crippen LogP contribution in [0.2, 0.25) is 0 Å². The Kier molecular flexibility index (Phi) is 5.52. The Morgan fingerprint density at radius 2 is 2.05 bits per heavy atom. The van der Waals surface area contributed by atoms with E-state index in [4.69, 9.17) is 9.47 Å². The maximum atomic E-state index is 11.7. The number of carbonyl (C=O) groups is 3. The normalized spacial score (nSPS) is 11.2. The van der Waals surface area contributed by atoms with Gasteiger partial charge in [-0.15, -0.1) is 0 Å². The van der Waals surface area contributed by atoms with Crippen LogP contribution in [0.1, 0.15) is 17.3 Å². The minimum Gasteiger partial charge on any atom is -0.493 e. The first-order valence-corrected chi connectivity index (χ1v) is 5.84. The lowest BCUT2D eigenvalue weighted by molar-refractivity contribution is -0.126. The maximum absolute atomic E-state index is 11.7. The van der Waals surface area contributed by atoms with Crippen LogP contribution in [-0.4, -0.2) is 38.5 Å². The van der Waals surface area contributed by atoms with Crippen molar-refractivity contribution in [3.05, 3.63) is 23.8 Å². The van der Waals surface area contributed by atoms with E-state index in [1.807, 2.05) is 0 Å². The molecule has 0 aliphatic rings. The number of urea groups is 1. The molecule has 1 aromatic rings. The van der Waals surface area contributed by atoms with Gasteiger partial charge in [0.05, 0.1) is 12.7 Å². The Balaban J connectivity index is 2.89. The predicted molar refractivity (Wildman–Crippen MR) is 71.1 cm³/mol.